The summed E-state index contributed by atoms with van der Waals surface area (Å²) in [6.45, 7) is 3.91. The predicted octanol–water partition coefficient (Wildman–Crippen LogP) is 3.58. The smallest absolute Gasteiger partial charge is 0.344 e. The third-order valence-electron chi connectivity index (χ3n) is 3.46. The number of carbonyl (C=O) groups is 1. The average Bonchev–Trinajstić information content (AvgIpc) is 3.29. The zero-order chi connectivity index (χ0) is 17.6. The molecule has 0 unspecified atom stereocenters. The minimum atomic E-state index is -0.523. The highest BCUT2D eigenvalue weighted by atomic mass is 16.6. The van der Waals surface area contributed by atoms with Crippen molar-refractivity contribution in [2.24, 2.45) is 0 Å². The summed E-state index contributed by atoms with van der Waals surface area (Å²) in [5.41, 5.74) is 1.21. The van der Waals surface area contributed by atoms with E-state index in [2.05, 4.69) is 24.0 Å². The number of esters is 1. The molecule has 2 aromatic heterocycles. The molecule has 0 spiro atoms. The molecule has 0 bridgehead atoms. The number of carbonyl (C=O) groups excluding carboxylic acids is 1. The minimum absolute atomic E-state index is 0.123. The summed E-state index contributed by atoms with van der Waals surface area (Å²) in [5, 5.41) is 7.61. The lowest BCUT2D eigenvalue weighted by Crippen LogP contribution is -2.14. The van der Waals surface area contributed by atoms with Crippen molar-refractivity contribution in [3.05, 3.63) is 54.1 Å². The summed E-state index contributed by atoms with van der Waals surface area (Å²) in [5.74, 6) is 1.40. The minimum Gasteiger partial charge on any atom is -0.482 e. The van der Waals surface area contributed by atoms with Gasteiger partial charge in [0.1, 0.15) is 5.75 Å². The fourth-order valence-electron chi connectivity index (χ4n) is 2.09. The molecule has 3 aromatic rings. The molecule has 0 fully saturated rings. The van der Waals surface area contributed by atoms with Gasteiger partial charge < -0.3 is 18.3 Å². The van der Waals surface area contributed by atoms with Gasteiger partial charge in [0.25, 0.3) is 11.8 Å². The van der Waals surface area contributed by atoms with Crippen molar-refractivity contribution in [3.63, 3.8) is 0 Å². The first-order chi connectivity index (χ1) is 12.1. The number of furan rings is 1. The van der Waals surface area contributed by atoms with Crippen LogP contribution in [0.3, 0.4) is 0 Å². The molecule has 0 saturated carbocycles. The van der Waals surface area contributed by atoms with Crippen LogP contribution in [0.5, 0.6) is 5.75 Å². The standard InChI is InChI=1S/C18H18N2O5/c1-12(2)13-5-7-14(8-6-13)23-11-17(21)24-10-16-19-20-18(25-16)15-4-3-9-22-15/h3-9,12H,10-11H2,1-2H3. The Bertz CT molecular complexity index is 806. The van der Waals surface area contributed by atoms with Crippen LogP contribution in [0, 0.1) is 0 Å². The van der Waals surface area contributed by atoms with Crippen LogP contribution in [0.1, 0.15) is 31.2 Å². The maximum Gasteiger partial charge on any atom is 0.344 e. The maximum absolute atomic E-state index is 11.7. The van der Waals surface area contributed by atoms with Crippen LogP contribution in [0.2, 0.25) is 0 Å². The first-order valence-electron chi connectivity index (χ1n) is 7.86. The van der Waals surface area contributed by atoms with Crippen LogP contribution in [0.25, 0.3) is 11.7 Å². The third-order valence-corrected chi connectivity index (χ3v) is 3.46. The predicted molar refractivity (Wildman–Crippen MR) is 87.8 cm³/mol. The molecule has 0 atom stereocenters. The van der Waals surface area contributed by atoms with Gasteiger partial charge in [-0.05, 0) is 35.7 Å². The summed E-state index contributed by atoms with van der Waals surface area (Å²) in [6.07, 6.45) is 1.50. The van der Waals surface area contributed by atoms with Crippen molar-refractivity contribution in [2.45, 2.75) is 26.4 Å². The molecule has 7 heteroatoms. The van der Waals surface area contributed by atoms with E-state index in [1.165, 1.54) is 11.8 Å². The van der Waals surface area contributed by atoms with Crippen molar-refractivity contribution < 1.29 is 23.1 Å². The SMILES string of the molecule is CC(C)c1ccc(OCC(=O)OCc2nnc(-c3ccco3)o2)cc1. The van der Waals surface area contributed by atoms with E-state index < -0.39 is 5.97 Å². The topological polar surface area (TPSA) is 87.6 Å². The van der Waals surface area contributed by atoms with Crippen LogP contribution < -0.4 is 4.74 Å². The monoisotopic (exact) mass is 342 g/mol. The second-order valence-corrected chi connectivity index (χ2v) is 5.65. The molecule has 0 aliphatic carbocycles. The van der Waals surface area contributed by atoms with E-state index in [1.807, 2.05) is 24.3 Å². The number of ether oxygens (including phenoxy) is 2. The molecule has 7 nitrogen and oxygen atoms in total. The summed E-state index contributed by atoms with van der Waals surface area (Å²) in [4.78, 5) is 11.7. The van der Waals surface area contributed by atoms with Gasteiger partial charge in [-0.1, -0.05) is 26.0 Å². The first kappa shape index (κ1) is 16.8. The molecule has 130 valence electrons. The van der Waals surface area contributed by atoms with E-state index in [4.69, 9.17) is 18.3 Å². The van der Waals surface area contributed by atoms with E-state index in [0.717, 1.165) is 0 Å². The molecule has 25 heavy (non-hydrogen) atoms. The van der Waals surface area contributed by atoms with Crippen molar-refractivity contribution in [3.8, 4) is 17.4 Å². The van der Waals surface area contributed by atoms with Crippen LogP contribution in [0.15, 0.2) is 51.5 Å². The normalized spacial score (nSPS) is 10.8. The molecule has 0 aliphatic rings. The Labute approximate surface area is 144 Å². The molecular formula is C18H18N2O5. The van der Waals surface area contributed by atoms with Gasteiger partial charge in [0.05, 0.1) is 6.26 Å². The molecule has 1 aromatic carbocycles. The molecule has 0 N–H and O–H groups in total. The Hall–Kier alpha value is -3.09. The average molecular weight is 342 g/mol. The Balaban J connectivity index is 1.45. The van der Waals surface area contributed by atoms with Crippen molar-refractivity contribution in [1.29, 1.82) is 0 Å². The molecular weight excluding hydrogens is 324 g/mol. The van der Waals surface area contributed by atoms with Gasteiger partial charge in [-0.15, -0.1) is 10.2 Å². The lowest BCUT2D eigenvalue weighted by atomic mass is 10.0. The van der Waals surface area contributed by atoms with Crippen LogP contribution >= 0.6 is 0 Å². The number of hydrogen-bond donors (Lipinski definition) is 0. The lowest BCUT2D eigenvalue weighted by Gasteiger charge is -2.08. The quantitative estimate of drug-likeness (QED) is 0.606. The second kappa shape index (κ2) is 7.65. The van der Waals surface area contributed by atoms with Gasteiger partial charge in [0.2, 0.25) is 0 Å². The summed E-state index contributed by atoms with van der Waals surface area (Å²) in [6, 6.07) is 11.0. The van der Waals surface area contributed by atoms with Crippen molar-refractivity contribution in [1.82, 2.24) is 10.2 Å². The fraction of sp³-hybridized carbons (Fsp3) is 0.278. The lowest BCUT2D eigenvalue weighted by molar-refractivity contribution is -0.148. The molecule has 2 heterocycles. The van der Waals surface area contributed by atoms with E-state index >= 15 is 0 Å². The van der Waals surface area contributed by atoms with Gasteiger partial charge in [-0.2, -0.15) is 0 Å². The van der Waals surface area contributed by atoms with Gasteiger partial charge >= 0.3 is 5.97 Å². The zero-order valence-corrected chi connectivity index (χ0v) is 14.0. The fourth-order valence-corrected chi connectivity index (χ4v) is 2.09. The molecule has 0 radical (unpaired) electrons. The largest absolute Gasteiger partial charge is 0.482 e. The van der Waals surface area contributed by atoms with E-state index in [0.29, 0.717) is 17.4 Å². The van der Waals surface area contributed by atoms with Gasteiger partial charge in [0, 0.05) is 0 Å². The van der Waals surface area contributed by atoms with Crippen molar-refractivity contribution in [2.75, 3.05) is 6.61 Å². The van der Waals surface area contributed by atoms with Gasteiger partial charge in [0.15, 0.2) is 19.0 Å². The van der Waals surface area contributed by atoms with E-state index in [1.54, 1.807) is 12.1 Å². The number of aromatic nitrogens is 2. The van der Waals surface area contributed by atoms with Crippen molar-refractivity contribution >= 4 is 5.97 Å². The molecule has 0 saturated heterocycles. The highest BCUT2D eigenvalue weighted by Crippen LogP contribution is 2.19. The number of rotatable bonds is 7. The number of hydrogen-bond acceptors (Lipinski definition) is 7. The summed E-state index contributed by atoms with van der Waals surface area (Å²) in [7, 11) is 0. The molecule has 0 aliphatic heterocycles. The zero-order valence-electron chi connectivity index (χ0n) is 14.0. The summed E-state index contributed by atoms with van der Waals surface area (Å²) >= 11 is 0. The Kier molecular flexibility index (Phi) is 5.13. The van der Waals surface area contributed by atoms with E-state index in [-0.39, 0.29) is 25.0 Å². The highest BCUT2D eigenvalue weighted by Gasteiger charge is 2.13. The summed E-state index contributed by atoms with van der Waals surface area (Å²) < 4.78 is 20.9. The number of nitrogens with zero attached hydrogens (tertiary/aromatic N) is 2. The van der Waals surface area contributed by atoms with Crippen LogP contribution in [0.4, 0.5) is 0 Å². The van der Waals surface area contributed by atoms with Gasteiger partial charge in [-0.3, -0.25) is 0 Å². The van der Waals surface area contributed by atoms with Crippen LogP contribution in [-0.2, 0) is 16.1 Å². The Morgan fingerprint density at radius 1 is 1.16 bits per heavy atom. The Morgan fingerprint density at radius 2 is 1.96 bits per heavy atom. The second-order valence-electron chi connectivity index (χ2n) is 5.65. The van der Waals surface area contributed by atoms with Gasteiger partial charge in [-0.25, -0.2) is 4.79 Å². The maximum atomic E-state index is 11.7. The molecule has 3 rings (SSSR count). The van der Waals surface area contributed by atoms with E-state index in [9.17, 15) is 4.79 Å². The third kappa shape index (κ3) is 4.47. The first-order valence-corrected chi connectivity index (χ1v) is 7.86. The Morgan fingerprint density at radius 3 is 2.64 bits per heavy atom. The van der Waals surface area contributed by atoms with Crippen LogP contribution in [-0.4, -0.2) is 22.8 Å². The number of benzene rings is 1. The molecule has 0 amide bonds. The highest BCUT2D eigenvalue weighted by molar-refractivity contribution is 5.71.